The van der Waals surface area contributed by atoms with Crippen molar-refractivity contribution >= 4 is 11.6 Å². The number of carbonyl (C=O) groups excluding carboxylic acids is 1. The first kappa shape index (κ1) is 12.6. The number of aromatic nitrogens is 3. The number of nitrogens with one attached hydrogen (secondary N) is 1. The Morgan fingerprint density at radius 1 is 1.43 bits per heavy atom. The van der Waals surface area contributed by atoms with Crippen molar-refractivity contribution in [1.82, 2.24) is 19.5 Å². The first-order valence-corrected chi connectivity index (χ1v) is 7.12. The van der Waals surface area contributed by atoms with Crippen LogP contribution in [-0.2, 0) is 11.3 Å². The molecular formula is C14H16N4O3. The number of fused-ring (bicyclic) bond motifs is 2. The first-order valence-electron chi connectivity index (χ1n) is 7.12. The molecule has 2 aliphatic rings. The number of ether oxygens (including phenoxy) is 1. The largest absolute Gasteiger partial charge is 0.383 e. The maximum atomic E-state index is 12.5. The van der Waals surface area contributed by atoms with Gasteiger partial charge in [-0.05, 0) is 12.8 Å². The number of carbonyl (C=O) groups is 1. The summed E-state index contributed by atoms with van der Waals surface area (Å²) in [5, 5.41) is 4.38. The lowest BCUT2D eigenvalue weighted by Crippen LogP contribution is -2.28. The van der Waals surface area contributed by atoms with E-state index in [4.69, 9.17) is 4.74 Å². The summed E-state index contributed by atoms with van der Waals surface area (Å²) in [4.78, 5) is 29.5. The topological polar surface area (TPSA) is 79.7 Å². The van der Waals surface area contributed by atoms with Crippen LogP contribution in [0.5, 0.6) is 0 Å². The molecule has 1 saturated carbocycles. The van der Waals surface area contributed by atoms with Crippen LogP contribution in [0.2, 0.25) is 0 Å². The van der Waals surface area contributed by atoms with Gasteiger partial charge in [0.2, 0.25) is 0 Å². The third-order valence-corrected chi connectivity index (χ3v) is 4.14. The van der Waals surface area contributed by atoms with E-state index in [1.807, 2.05) is 6.07 Å². The number of amides is 1. The van der Waals surface area contributed by atoms with Crippen LogP contribution in [0, 0.1) is 0 Å². The predicted octanol–water partition coefficient (Wildman–Crippen LogP) is 0.502. The number of hydrogen-bond donors (Lipinski definition) is 1. The molecule has 21 heavy (non-hydrogen) atoms. The summed E-state index contributed by atoms with van der Waals surface area (Å²) in [6, 6.07) is 1.88. The van der Waals surface area contributed by atoms with Crippen LogP contribution in [0.15, 0.2) is 10.9 Å². The minimum absolute atomic E-state index is 0.143. The molecule has 0 atom stereocenters. The molecule has 4 rings (SSSR count). The molecule has 1 fully saturated rings. The van der Waals surface area contributed by atoms with E-state index in [0.29, 0.717) is 42.5 Å². The van der Waals surface area contributed by atoms with Gasteiger partial charge in [0.25, 0.3) is 11.5 Å². The number of H-pyrrole nitrogens is 1. The Kier molecular flexibility index (Phi) is 2.65. The highest BCUT2D eigenvalue weighted by molar-refractivity contribution is 5.96. The van der Waals surface area contributed by atoms with Crippen LogP contribution in [0.25, 0.3) is 5.65 Å². The van der Waals surface area contributed by atoms with E-state index in [1.165, 1.54) is 4.52 Å². The summed E-state index contributed by atoms with van der Waals surface area (Å²) in [6.45, 7) is 1.26. The molecule has 0 unspecified atom stereocenters. The Morgan fingerprint density at radius 2 is 2.24 bits per heavy atom. The molecule has 0 aromatic carbocycles. The second-order valence-corrected chi connectivity index (χ2v) is 5.64. The Bertz CT molecular complexity index is 787. The highest BCUT2D eigenvalue weighted by Crippen LogP contribution is 2.39. The van der Waals surface area contributed by atoms with E-state index in [9.17, 15) is 9.59 Å². The molecule has 0 bridgehead atoms. The van der Waals surface area contributed by atoms with E-state index >= 15 is 0 Å². The van der Waals surface area contributed by atoms with E-state index in [-0.39, 0.29) is 11.5 Å². The normalized spacial score (nSPS) is 17.8. The number of aromatic amines is 1. The maximum absolute atomic E-state index is 12.5. The van der Waals surface area contributed by atoms with Gasteiger partial charge in [0.15, 0.2) is 0 Å². The summed E-state index contributed by atoms with van der Waals surface area (Å²) in [5.41, 5.74) is 2.23. The Hall–Kier alpha value is -2.15. The van der Waals surface area contributed by atoms with Crippen LogP contribution < -0.4 is 5.56 Å². The highest BCUT2D eigenvalue weighted by Gasteiger charge is 2.33. The van der Waals surface area contributed by atoms with Crippen LogP contribution in [0.3, 0.4) is 0 Å². The second kappa shape index (κ2) is 4.42. The van der Waals surface area contributed by atoms with Gasteiger partial charge in [0.1, 0.15) is 11.3 Å². The van der Waals surface area contributed by atoms with Gasteiger partial charge < -0.3 is 14.6 Å². The highest BCUT2D eigenvalue weighted by atomic mass is 16.5. The minimum Gasteiger partial charge on any atom is -0.383 e. The number of hydrogen-bond acceptors (Lipinski definition) is 4. The summed E-state index contributed by atoms with van der Waals surface area (Å²) >= 11 is 0. The Morgan fingerprint density at radius 3 is 2.95 bits per heavy atom. The molecule has 0 saturated heterocycles. The molecule has 2 aromatic heterocycles. The summed E-state index contributed by atoms with van der Waals surface area (Å²) in [7, 11) is 1.59. The molecule has 1 N–H and O–H groups in total. The van der Waals surface area contributed by atoms with Crippen molar-refractivity contribution in [2.24, 2.45) is 0 Å². The van der Waals surface area contributed by atoms with Gasteiger partial charge in [-0.25, -0.2) is 0 Å². The van der Waals surface area contributed by atoms with Crippen molar-refractivity contribution in [2.75, 3.05) is 20.3 Å². The third kappa shape index (κ3) is 1.88. The van der Waals surface area contributed by atoms with Crippen molar-refractivity contribution in [2.45, 2.75) is 25.3 Å². The molecular weight excluding hydrogens is 272 g/mol. The van der Waals surface area contributed by atoms with Crippen molar-refractivity contribution in [3.8, 4) is 0 Å². The molecule has 110 valence electrons. The van der Waals surface area contributed by atoms with E-state index < -0.39 is 0 Å². The maximum Gasteiger partial charge on any atom is 0.280 e. The van der Waals surface area contributed by atoms with Crippen molar-refractivity contribution < 1.29 is 9.53 Å². The zero-order chi connectivity index (χ0) is 14.6. The fraction of sp³-hybridized carbons (Fsp3) is 0.500. The fourth-order valence-electron chi connectivity index (χ4n) is 2.79. The standard InChI is InChI=1S/C14H16N4O3/c1-21-5-4-17-7-9-12(14(17)20)15-11-6-10(8-2-3-8)16-18(11)13(9)19/h6,8,15H,2-5,7H2,1H3. The minimum atomic E-state index is -0.195. The fourth-order valence-corrected chi connectivity index (χ4v) is 2.79. The average molecular weight is 288 g/mol. The molecule has 1 aliphatic heterocycles. The molecule has 1 amide bonds. The van der Waals surface area contributed by atoms with Gasteiger partial charge in [0.05, 0.1) is 24.4 Å². The van der Waals surface area contributed by atoms with Crippen LogP contribution in [-0.4, -0.2) is 45.7 Å². The zero-order valence-electron chi connectivity index (χ0n) is 11.8. The van der Waals surface area contributed by atoms with E-state index in [2.05, 4.69) is 10.1 Å². The van der Waals surface area contributed by atoms with E-state index in [1.54, 1.807) is 12.0 Å². The lowest BCUT2D eigenvalue weighted by Gasteiger charge is -2.13. The predicted molar refractivity (Wildman–Crippen MR) is 74.4 cm³/mol. The molecule has 2 aromatic rings. The third-order valence-electron chi connectivity index (χ3n) is 4.14. The second-order valence-electron chi connectivity index (χ2n) is 5.64. The van der Waals surface area contributed by atoms with Crippen LogP contribution >= 0.6 is 0 Å². The number of rotatable bonds is 4. The van der Waals surface area contributed by atoms with E-state index in [0.717, 1.165) is 18.5 Å². The van der Waals surface area contributed by atoms with Gasteiger partial charge >= 0.3 is 0 Å². The molecule has 3 heterocycles. The summed E-state index contributed by atoms with van der Waals surface area (Å²) in [5.74, 6) is 0.331. The van der Waals surface area contributed by atoms with Crippen molar-refractivity contribution in [3.63, 3.8) is 0 Å². The van der Waals surface area contributed by atoms with Gasteiger partial charge in [-0.2, -0.15) is 9.61 Å². The van der Waals surface area contributed by atoms with Crippen molar-refractivity contribution in [1.29, 1.82) is 0 Å². The molecule has 0 spiro atoms. The lowest BCUT2D eigenvalue weighted by atomic mass is 10.2. The molecule has 7 nitrogen and oxygen atoms in total. The van der Waals surface area contributed by atoms with Gasteiger partial charge in [-0.3, -0.25) is 9.59 Å². The van der Waals surface area contributed by atoms with Crippen LogP contribution in [0.1, 0.15) is 40.5 Å². The van der Waals surface area contributed by atoms with Crippen molar-refractivity contribution in [3.05, 3.63) is 33.4 Å². The molecule has 7 heteroatoms. The molecule has 1 aliphatic carbocycles. The smallest absolute Gasteiger partial charge is 0.280 e. The Labute approximate surface area is 120 Å². The monoisotopic (exact) mass is 288 g/mol. The number of nitrogens with zero attached hydrogens (tertiary/aromatic N) is 3. The zero-order valence-corrected chi connectivity index (χ0v) is 11.8. The summed E-state index contributed by atoms with van der Waals surface area (Å²) in [6.07, 6.45) is 2.25. The number of methoxy groups -OCH3 is 1. The molecule has 0 radical (unpaired) electrons. The SMILES string of the molecule is COCCN1Cc2c([nH]c3cc(C4CC4)nn3c2=O)C1=O. The summed E-state index contributed by atoms with van der Waals surface area (Å²) < 4.78 is 6.38. The first-order chi connectivity index (χ1) is 10.2. The lowest BCUT2D eigenvalue weighted by molar-refractivity contribution is 0.0715. The van der Waals surface area contributed by atoms with Gasteiger partial charge in [-0.1, -0.05) is 0 Å². The quantitative estimate of drug-likeness (QED) is 0.888. The Balaban J connectivity index is 1.77. The van der Waals surface area contributed by atoms with Gasteiger partial charge in [-0.15, -0.1) is 0 Å². The van der Waals surface area contributed by atoms with Gasteiger partial charge in [0, 0.05) is 25.6 Å². The van der Waals surface area contributed by atoms with Crippen LogP contribution in [0.4, 0.5) is 0 Å². The average Bonchev–Trinajstić information content (AvgIpc) is 3.17.